The van der Waals surface area contributed by atoms with Gasteiger partial charge in [0.2, 0.25) is 15.0 Å². The van der Waals surface area contributed by atoms with Crippen LogP contribution in [0.2, 0.25) is 0 Å². The molecule has 140 valence electrons. The highest BCUT2D eigenvalue weighted by Crippen LogP contribution is 2.23. The van der Waals surface area contributed by atoms with Crippen LogP contribution in [0.4, 0.5) is 5.69 Å². The number of hydrogen-bond acceptors (Lipinski definition) is 8. The number of methoxy groups -OCH3 is 1. The third-order valence-electron chi connectivity index (χ3n) is 3.37. The summed E-state index contributed by atoms with van der Waals surface area (Å²) in [5.41, 5.74) is 0.480. The van der Waals surface area contributed by atoms with Gasteiger partial charge in [0.05, 0.1) is 21.7 Å². The van der Waals surface area contributed by atoms with E-state index in [2.05, 4.69) is 4.99 Å². The zero-order valence-corrected chi connectivity index (χ0v) is 15.5. The third-order valence-corrected chi connectivity index (χ3v) is 5.91. The SMILES string of the molecule is COCCn1c(=NC(=O)CS(=O)(=O)C(C)=O)sc2cc([N+](=O)[O-])ccc21. The van der Waals surface area contributed by atoms with E-state index in [4.69, 9.17) is 4.74 Å². The van der Waals surface area contributed by atoms with Gasteiger partial charge >= 0.3 is 0 Å². The van der Waals surface area contributed by atoms with Crippen molar-refractivity contribution >= 4 is 48.1 Å². The van der Waals surface area contributed by atoms with Crippen LogP contribution in [0.25, 0.3) is 10.2 Å². The molecule has 10 nitrogen and oxygen atoms in total. The summed E-state index contributed by atoms with van der Waals surface area (Å²) in [5, 5.41) is 9.80. The van der Waals surface area contributed by atoms with E-state index < -0.39 is 31.5 Å². The summed E-state index contributed by atoms with van der Waals surface area (Å²) in [6.45, 7) is 1.45. The zero-order chi connectivity index (χ0) is 19.5. The highest BCUT2D eigenvalue weighted by molar-refractivity contribution is 8.06. The van der Waals surface area contributed by atoms with Gasteiger partial charge in [0.1, 0.15) is 5.75 Å². The van der Waals surface area contributed by atoms with Crippen molar-refractivity contribution in [2.24, 2.45) is 4.99 Å². The predicted octanol–water partition coefficient (Wildman–Crippen LogP) is 0.646. The Labute approximate surface area is 151 Å². The number of nitrogens with zero attached hydrogens (tertiary/aromatic N) is 3. The fourth-order valence-electron chi connectivity index (χ4n) is 2.06. The molecule has 0 atom stereocenters. The normalized spacial score (nSPS) is 12.5. The van der Waals surface area contributed by atoms with Crippen molar-refractivity contribution < 1.29 is 27.7 Å². The molecule has 1 aromatic carbocycles. The number of nitro benzene ring substituents is 1. The van der Waals surface area contributed by atoms with E-state index in [1.54, 1.807) is 4.57 Å². The molecular formula is C14H15N3O7S2. The van der Waals surface area contributed by atoms with Gasteiger partial charge in [-0.05, 0) is 6.07 Å². The van der Waals surface area contributed by atoms with Crippen LogP contribution in [0.3, 0.4) is 0 Å². The molecule has 0 spiro atoms. The second kappa shape index (κ2) is 7.85. The summed E-state index contributed by atoms with van der Waals surface area (Å²) >= 11 is 1.00. The molecule has 1 aromatic heterocycles. The maximum absolute atomic E-state index is 12.0. The lowest BCUT2D eigenvalue weighted by molar-refractivity contribution is -0.384. The monoisotopic (exact) mass is 401 g/mol. The van der Waals surface area contributed by atoms with Gasteiger partial charge in [-0.15, -0.1) is 0 Å². The maximum Gasteiger partial charge on any atom is 0.270 e. The van der Waals surface area contributed by atoms with Crippen LogP contribution >= 0.6 is 11.3 Å². The second-order valence-corrected chi connectivity index (χ2v) is 8.30. The average Bonchev–Trinajstić information content (AvgIpc) is 2.88. The van der Waals surface area contributed by atoms with E-state index in [0.29, 0.717) is 16.8 Å². The minimum atomic E-state index is -4.20. The molecule has 0 bridgehead atoms. The van der Waals surface area contributed by atoms with Crippen LogP contribution in [0.5, 0.6) is 0 Å². The van der Waals surface area contributed by atoms with Gasteiger partial charge < -0.3 is 9.30 Å². The second-order valence-electron chi connectivity index (χ2n) is 5.19. The molecule has 2 aromatic rings. The van der Waals surface area contributed by atoms with Crippen LogP contribution < -0.4 is 4.80 Å². The largest absolute Gasteiger partial charge is 0.383 e. The van der Waals surface area contributed by atoms with Gasteiger partial charge in [-0.25, -0.2) is 8.42 Å². The van der Waals surface area contributed by atoms with Gasteiger partial charge in [0.25, 0.3) is 11.6 Å². The smallest absolute Gasteiger partial charge is 0.270 e. The van der Waals surface area contributed by atoms with E-state index in [1.165, 1.54) is 25.3 Å². The fraction of sp³-hybridized carbons (Fsp3) is 0.357. The Hall–Kier alpha value is -2.44. The van der Waals surface area contributed by atoms with Crippen LogP contribution in [0.15, 0.2) is 23.2 Å². The molecule has 1 heterocycles. The molecule has 0 N–H and O–H groups in total. The van der Waals surface area contributed by atoms with Crippen LogP contribution in [0, 0.1) is 10.1 Å². The van der Waals surface area contributed by atoms with Crippen molar-refractivity contribution in [2.75, 3.05) is 19.5 Å². The number of amides is 1. The Balaban J connectivity index is 2.54. The standard InChI is InChI=1S/C14H15N3O7S2/c1-9(18)26(22,23)8-13(19)15-14-16(5-6-24-2)11-4-3-10(17(20)21)7-12(11)25-14/h3-4,7H,5-6,8H2,1-2H3. The van der Waals surface area contributed by atoms with Gasteiger partial charge in [-0.2, -0.15) is 4.99 Å². The molecule has 1 amide bonds. The zero-order valence-electron chi connectivity index (χ0n) is 13.9. The minimum Gasteiger partial charge on any atom is -0.383 e. The molecular weight excluding hydrogens is 386 g/mol. The van der Waals surface area contributed by atoms with Crippen LogP contribution in [-0.4, -0.2) is 48.4 Å². The first kappa shape index (κ1) is 19.9. The number of fused-ring (bicyclic) bond motifs is 1. The quantitative estimate of drug-likeness (QED) is 0.511. The molecule has 26 heavy (non-hydrogen) atoms. The molecule has 0 aliphatic carbocycles. The van der Waals surface area contributed by atoms with Gasteiger partial charge in [0, 0.05) is 32.7 Å². The van der Waals surface area contributed by atoms with Crippen LogP contribution in [0.1, 0.15) is 6.92 Å². The molecule has 2 rings (SSSR count). The summed E-state index contributed by atoms with van der Waals surface area (Å²) in [6.07, 6.45) is 0. The number of thiazole rings is 1. The first-order chi connectivity index (χ1) is 12.2. The highest BCUT2D eigenvalue weighted by Gasteiger charge is 2.22. The Morgan fingerprint density at radius 2 is 2.08 bits per heavy atom. The molecule has 0 fully saturated rings. The summed E-state index contributed by atoms with van der Waals surface area (Å²) in [6, 6.07) is 4.19. The predicted molar refractivity (Wildman–Crippen MR) is 93.4 cm³/mol. The molecule has 0 saturated heterocycles. The number of benzene rings is 1. The Morgan fingerprint density at radius 1 is 1.38 bits per heavy atom. The molecule has 12 heteroatoms. The van der Waals surface area contributed by atoms with Gasteiger partial charge in [-0.3, -0.25) is 19.7 Å². The van der Waals surface area contributed by atoms with E-state index in [9.17, 15) is 28.1 Å². The number of carbonyl (C=O) groups excluding carboxylic acids is 2. The summed E-state index contributed by atoms with van der Waals surface area (Å²) in [5.74, 6) is -2.02. The number of ether oxygens (including phenoxy) is 1. The minimum absolute atomic E-state index is 0.116. The summed E-state index contributed by atoms with van der Waals surface area (Å²) < 4.78 is 30.2. The maximum atomic E-state index is 12.0. The number of nitro groups is 1. The van der Waals surface area contributed by atoms with Crippen molar-refractivity contribution in [3.63, 3.8) is 0 Å². The lowest BCUT2D eigenvalue weighted by Gasteiger charge is -2.04. The third kappa shape index (κ3) is 4.39. The topological polar surface area (TPSA) is 138 Å². The number of carbonyl (C=O) groups is 2. The number of non-ortho nitro benzene ring substituents is 1. The molecule has 0 saturated carbocycles. The fourth-order valence-corrected chi connectivity index (χ4v) is 3.76. The van der Waals surface area contributed by atoms with Crippen LogP contribution in [-0.2, 0) is 30.7 Å². The van der Waals surface area contributed by atoms with Crippen molar-refractivity contribution in [2.45, 2.75) is 13.5 Å². The number of sulfone groups is 1. The molecule has 0 unspecified atom stereocenters. The number of rotatable bonds is 6. The average molecular weight is 401 g/mol. The summed E-state index contributed by atoms with van der Waals surface area (Å²) in [4.78, 5) is 37.3. The lowest BCUT2D eigenvalue weighted by Crippen LogP contribution is -2.24. The number of aromatic nitrogens is 1. The molecule has 0 aliphatic heterocycles. The van der Waals surface area contributed by atoms with E-state index in [1.807, 2.05) is 0 Å². The summed E-state index contributed by atoms with van der Waals surface area (Å²) in [7, 11) is -2.71. The first-order valence-corrected chi connectivity index (χ1v) is 9.70. The van der Waals surface area contributed by atoms with E-state index in [0.717, 1.165) is 18.3 Å². The number of hydrogen-bond donors (Lipinski definition) is 0. The van der Waals surface area contributed by atoms with Crippen molar-refractivity contribution in [1.29, 1.82) is 0 Å². The Morgan fingerprint density at radius 3 is 2.65 bits per heavy atom. The van der Waals surface area contributed by atoms with Gasteiger partial charge in [-0.1, -0.05) is 11.3 Å². The Kier molecular flexibility index (Phi) is 6.00. The van der Waals surface area contributed by atoms with Crippen molar-refractivity contribution in [3.05, 3.63) is 33.1 Å². The molecule has 0 radical (unpaired) electrons. The molecule has 0 aliphatic rings. The Bertz CT molecular complexity index is 1050. The first-order valence-electron chi connectivity index (χ1n) is 7.23. The highest BCUT2D eigenvalue weighted by atomic mass is 32.2. The van der Waals surface area contributed by atoms with Gasteiger partial charge in [0.15, 0.2) is 4.80 Å². The van der Waals surface area contributed by atoms with Crippen molar-refractivity contribution in [1.82, 2.24) is 4.57 Å². The lowest BCUT2D eigenvalue weighted by atomic mass is 10.3. The van der Waals surface area contributed by atoms with Crippen molar-refractivity contribution in [3.8, 4) is 0 Å². The van der Waals surface area contributed by atoms with E-state index in [-0.39, 0.29) is 17.1 Å². The van der Waals surface area contributed by atoms with E-state index >= 15 is 0 Å².